The molecule has 0 aliphatic heterocycles. The van der Waals surface area contributed by atoms with Gasteiger partial charge in [0.05, 0.1) is 13.3 Å². The fourth-order valence-corrected chi connectivity index (χ4v) is 2.44. The Balaban J connectivity index is 2.30. The van der Waals surface area contributed by atoms with E-state index in [1.807, 2.05) is 18.2 Å². The molecular formula is C18H20F2. The molecule has 106 valence electrons. The van der Waals surface area contributed by atoms with Crippen molar-refractivity contribution in [2.24, 2.45) is 0 Å². The Morgan fingerprint density at radius 3 is 2.15 bits per heavy atom. The fraction of sp³-hybridized carbons (Fsp3) is 0.333. The average Bonchev–Trinajstić information content (AvgIpc) is 2.51. The minimum Gasteiger partial charge on any atom is -0.251 e. The van der Waals surface area contributed by atoms with Crippen LogP contribution < -0.4 is 0 Å². The van der Waals surface area contributed by atoms with E-state index in [0.29, 0.717) is 12.8 Å². The maximum atomic E-state index is 12.5. The summed E-state index contributed by atoms with van der Waals surface area (Å²) in [7, 11) is 0. The van der Waals surface area contributed by atoms with E-state index >= 15 is 0 Å². The van der Waals surface area contributed by atoms with Crippen LogP contribution in [0.3, 0.4) is 0 Å². The first kappa shape index (κ1) is 14.7. The Morgan fingerprint density at radius 2 is 1.45 bits per heavy atom. The summed E-state index contributed by atoms with van der Waals surface area (Å²) >= 11 is 0. The molecule has 0 amide bonds. The number of hydrogen-bond donors (Lipinski definition) is 0. The molecule has 2 heteroatoms. The largest absolute Gasteiger partial charge is 0.251 e. The number of rotatable bonds is 7. The highest BCUT2D eigenvalue weighted by molar-refractivity contribution is 5.67. The van der Waals surface area contributed by atoms with E-state index in [4.69, 9.17) is 0 Å². The fourth-order valence-electron chi connectivity index (χ4n) is 2.44. The predicted molar refractivity (Wildman–Crippen MR) is 80.5 cm³/mol. The van der Waals surface area contributed by atoms with E-state index in [0.717, 1.165) is 35.1 Å². The van der Waals surface area contributed by atoms with Crippen molar-refractivity contribution in [3.05, 3.63) is 59.7 Å². The molecule has 0 N–H and O–H groups in total. The molecule has 0 heterocycles. The molecular weight excluding hydrogens is 254 g/mol. The SMILES string of the molecule is FCCCc1ccc(-c2ccccc2)c(CCCF)c1. The highest BCUT2D eigenvalue weighted by Crippen LogP contribution is 2.26. The van der Waals surface area contributed by atoms with E-state index < -0.39 is 0 Å². The Kier molecular flexibility index (Phi) is 5.72. The van der Waals surface area contributed by atoms with Crippen LogP contribution >= 0.6 is 0 Å². The highest BCUT2D eigenvalue weighted by Gasteiger charge is 2.06. The summed E-state index contributed by atoms with van der Waals surface area (Å²) in [5, 5.41) is 0. The molecule has 0 aromatic heterocycles. The summed E-state index contributed by atoms with van der Waals surface area (Å²) in [5.74, 6) is 0. The number of benzene rings is 2. The Morgan fingerprint density at radius 1 is 0.750 bits per heavy atom. The van der Waals surface area contributed by atoms with Crippen molar-refractivity contribution >= 4 is 0 Å². The van der Waals surface area contributed by atoms with Crippen LogP contribution in [-0.2, 0) is 12.8 Å². The van der Waals surface area contributed by atoms with Gasteiger partial charge in [-0.25, -0.2) is 0 Å². The van der Waals surface area contributed by atoms with Gasteiger partial charge in [-0.15, -0.1) is 0 Å². The summed E-state index contributed by atoms with van der Waals surface area (Å²) < 4.78 is 24.7. The van der Waals surface area contributed by atoms with Crippen LogP contribution in [0.5, 0.6) is 0 Å². The lowest BCUT2D eigenvalue weighted by Crippen LogP contribution is -1.95. The molecule has 2 rings (SSSR count). The molecule has 0 saturated heterocycles. The van der Waals surface area contributed by atoms with Gasteiger partial charge in [-0.1, -0.05) is 48.5 Å². The molecule has 0 atom stereocenters. The van der Waals surface area contributed by atoms with Gasteiger partial charge in [-0.3, -0.25) is 8.78 Å². The van der Waals surface area contributed by atoms with E-state index in [1.54, 1.807) is 0 Å². The minimum atomic E-state index is -0.303. The zero-order valence-electron chi connectivity index (χ0n) is 11.6. The first-order valence-electron chi connectivity index (χ1n) is 7.14. The summed E-state index contributed by atoms with van der Waals surface area (Å²) in [6.45, 7) is -0.594. The average molecular weight is 274 g/mol. The second kappa shape index (κ2) is 7.78. The number of aryl methyl sites for hydroxylation is 2. The second-order valence-electron chi connectivity index (χ2n) is 4.94. The van der Waals surface area contributed by atoms with Crippen molar-refractivity contribution in [1.82, 2.24) is 0 Å². The van der Waals surface area contributed by atoms with Gasteiger partial charge >= 0.3 is 0 Å². The van der Waals surface area contributed by atoms with Gasteiger partial charge in [0.1, 0.15) is 0 Å². The quantitative estimate of drug-likeness (QED) is 0.654. The van der Waals surface area contributed by atoms with Crippen LogP contribution in [-0.4, -0.2) is 13.3 Å². The van der Waals surface area contributed by atoms with Crippen molar-refractivity contribution < 1.29 is 8.78 Å². The van der Waals surface area contributed by atoms with Gasteiger partial charge < -0.3 is 0 Å². The molecule has 0 saturated carbocycles. The van der Waals surface area contributed by atoms with Crippen LogP contribution in [0.1, 0.15) is 24.0 Å². The molecule has 0 aliphatic rings. The van der Waals surface area contributed by atoms with Crippen molar-refractivity contribution in [3.63, 3.8) is 0 Å². The van der Waals surface area contributed by atoms with Crippen LogP contribution in [0.15, 0.2) is 48.5 Å². The molecule has 2 aromatic carbocycles. The second-order valence-corrected chi connectivity index (χ2v) is 4.94. The number of hydrogen-bond acceptors (Lipinski definition) is 0. The van der Waals surface area contributed by atoms with Crippen molar-refractivity contribution in [1.29, 1.82) is 0 Å². The van der Waals surface area contributed by atoms with Crippen LogP contribution in [0.2, 0.25) is 0 Å². The molecule has 2 aromatic rings. The summed E-state index contributed by atoms with van der Waals surface area (Å²) in [6.07, 6.45) is 2.55. The van der Waals surface area contributed by atoms with Gasteiger partial charge in [0.15, 0.2) is 0 Å². The van der Waals surface area contributed by atoms with E-state index in [-0.39, 0.29) is 13.3 Å². The first-order chi connectivity index (χ1) is 9.85. The Bertz CT molecular complexity index is 520. The van der Waals surface area contributed by atoms with Gasteiger partial charge in [-0.2, -0.15) is 0 Å². The minimum absolute atomic E-state index is 0.291. The lowest BCUT2D eigenvalue weighted by atomic mass is 9.94. The summed E-state index contributed by atoms with van der Waals surface area (Å²) in [5.41, 5.74) is 4.60. The maximum absolute atomic E-state index is 12.5. The predicted octanol–water partition coefficient (Wildman–Crippen LogP) is 5.16. The normalized spacial score (nSPS) is 10.7. The third kappa shape index (κ3) is 3.89. The summed E-state index contributed by atoms with van der Waals surface area (Å²) in [4.78, 5) is 0. The summed E-state index contributed by atoms with van der Waals surface area (Å²) in [6, 6.07) is 16.4. The lowest BCUT2D eigenvalue weighted by Gasteiger charge is -2.12. The highest BCUT2D eigenvalue weighted by atomic mass is 19.1. The Hall–Kier alpha value is -1.70. The molecule has 0 bridgehead atoms. The van der Waals surface area contributed by atoms with E-state index in [2.05, 4.69) is 30.3 Å². The zero-order valence-corrected chi connectivity index (χ0v) is 11.6. The van der Waals surface area contributed by atoms with Crippen LogP contribution in [0.25, 0.3) is 11.1 Å². The van der Waals surface area contributed by atoms with Crippen molar-refractivity contribution in [2.45, 2.75) is 25.7 Å². The first-order valence-corrected chi connectivity index (χ1v) is 7.14. The lowest BCUT2D eigenvalue weighted by molar-refractivity contribution is 0.471. The van der Waals surface area contributed by atoms with Crippen molar-refractivity contribution in [2.75, 3.05) is 13.3 Å². The molecule has 0 unspecified atom stereocenters. The standard InChI is InChI=1S/C18H20F2/c19-12-4-6-15-10-11-18(16-7-2-1-3-8-16)17(14-15)9-5-13-20/h1-3,7-8,10-11,14H,4-6,9,12-13H2. The monoisotopic (exact) mass is 274 g/mol. The van der Waals surface area contributed by atoms with Crippen molar-refractivity contribution in [3.8, 4) is 11.1 Å². The molecule has 0 aliphatic carbocycles. The van der Waals surface area contributed by atoms with Gasteiger partial charge in [0.2, 0.25) is 0 Å². The topological polar surface area (TPSA) is 0 Å². The number of halogens is 2. The van der Waals surface area contributed by atoms with E-state index in [1.165, 1.54) is 0 Å². The van der Waals surface area contributed by atoms with Gasteiger partial charge in [0.25, 0.3) is 0 Å². The molecule has 0 spiro atoms. The zero-order chi connectivity index (χ0) is 14.2. The number of alkyl halides is 2. The third-order valence-corrected chi connectivity index (χ3v) is 3.43. The smallest absolute Gasteiger partial charge is 0.0897 e. The maximum Gasteiger partial charge on any atom is 0.0897 e. The Labute approximate surface area is 119 Å². The third-order valence-electron chi connectivity index (χ3n) is 3.43. The van der Waals surface area contributed by atoms with Crippen LogP contribution in [0, 0.1) is 0 Å². The molecule has 0 radical (unpaired) electrons. The van der Waals surface area contributed by atoms with Crippen LogP contribution in [0.4, 0.5) is 8.78 Å². The van der Waals surface area contributed by atoms with E-state index in [9.17, 15) is 8.78 Å². The van der Waals surface area contributed by atoms with Gasteiger partial charge in [-0.05, 0) is 47.9 Å². The molecule has 0 nitrogen and oxygen atoms in total. The molecule has 20 heavy (non-hydrogen) atoms. The molecule has 0 fully saturated rings. The van der Waals surface area contributed by atoms with Gasteiger partial charge in [0, 0.05) is 0 Å².